The molecule has 0 aliphatic heterocycles. The molecule has 3 aromatic carbocycles. The lowest BCUT2D eigenvalue weighted by atomic mass is 10.0. The maximum Gasteiger partial charge on any atom is 0.296 e. The molecule has 4 aromatic rings. The summed E-state index contributed by atoms with van der Waals surface area (Å²) in [5.41, 5.74) is 4.22. The third-order valence-electron chi connectivity index (χ3n) is 4.78. The first-order chi connectivity index (χ1) is 14.4. The number of hydrogen-bond acceptors (Lipinski definition) is 5. The Labute approximate surface area is 175 Å². The monoisotopic (exact) mass is 417 g/mol. The molecule has 4 rings (SSSR count). The van der Waals surface area contributed by atoms with Crippen LogP contribution in [0.2, 0.25) is 0 Å². The minimum absolute atomic E-state index is 0.00141. The lowest BCUT2D eigenvalue weighted by molar-refractivity contribution is 0.312. The van der Waals surface area contributed by atoms with Crippen LogP contribution in [0.1, 0.15) is 16.9 Å². The van der Waals surface area contributed by atoms with Crippen LogP contribution in [0, 0.1) is 18.3 Å². The summed E-state index contributed by atoms with van der Waals surface area (Å²) in [6.07, 6.45) is 0.339. The molecule has 6 heteroatoms. The van der Waals surface area contributed by atoms with Crippen LogP contribution in [0.4, 0.5) is 0 Å². The molecule has 0 atom stereocenters. The van der Waals surface area contributed by atoms with Crippen molar-refractivity contribution in [2.24, 2.45) is 0 Å². The number of nitriles is 1. The van der Waals surface area contributed by atoms with Crippen LogP contribution >= 0.6 is 0 Å². The van der Waals surface area contributed by atoms with Gasteiger partial charge in [0, 0.05) is 11.8 Å². The Morgan fingerprint density at radius 2 is 1.73 bits per heavy atom. The van der Waals surface area contributed by atoms with Gasteiger partial charge in [-0.25, -0.2) is 0 Å². The highest BCUT2D eigenvalue weighted by Crippen LogP contribution is 2.27. The standard InChI is InChI=1S/C24H19NO4S/c1-17-3-2-4-23(13-17)30(26,27)28-12-11-22-15-21-14-20(9-10-24(21)29-22)19-7-5-18(16-25)6-8-19/h2-10,13-15H,11-12H2,1H3. The van der Waals surface area contributed by atoms with Gasteiger partial charge in [0.05, 0.1) is 23.1 Å². The zero-order valence-corrected chi connectivity index (χ0v) is 17.1. The fourth-order valence-corrected chi connectivity index (χ4v) is 4.24. The molecule has 1 heterocycles. The summed E-state index contributed by atoms with van der Waals surface area (Å²) < 4.78 is 35.6. The van der Waals surface area contributed by atoms with Crippen LogP contribution in [-0.4, -0.2) is 15.0 Å². The van der Waals surface area contributed by atoms with Gasteiger partial charge in [-0.15, -0.1) is 0 Å². The third kappa shape index (κ3) is 4.28. The van der Waals surface area contributed by atoms with Crippen molar-refractivity contribution in [2.75, 3.05) is 6.61 Å². The highest BCUT2D eigenvalue weighted by Gasteiger charge is 2.15. The van der Waals surface area contributed by atoms with E-state index in [0.717, 1.165) is 27.7 Å². The van der Waals surface area contributed by atoms with Crippen molar-refractivity contribution in [3.05, 3.63) is 89.7 Å². The highest BCUT2D eigenvalue weighted by atomic mass is 32.2. The SMILES string of the molecule is Cc1cccc(S(=O)(=O)OCCc2cc3cc(-c4ccc(C#N)cc4)ccc3o2)c1. The minimum Gasteiger partial charge on any atom is -0.461 e. The molecular weight excluding hydrogens is 398 g/mol. The average molecular weight is 417 g/mol. The van der Waals surface area contributed by atoms with Gasteiger partial charge in [-0.2, -0.15) is 13.7 Å². The molecule has 30 heavy (non-hydrogen) atoms. The van der Waals surface area contributed by atoms with Gasteiger partial charge in [0.25, 0.3) is 10.1 Å². The number of hydrogen-bond donors (Lipinski definition) is 0. The summed E-state index contributed by atoms with van der Waals surface area (Å²) in [5, 5.41) is 9.86. The van der Waals surface area contributed by atoms with Gasteiger partial charge in [0.15, 0.2) is 0 Å². The molecule has 1 aromatic heterocycles. The largest absolute Gasteiger partial charge is 0.461 e. The predicted molar refractivity (Wildman–Crippen MR) is 114 cm³/mol. The normalized spacial score (nSPS) is 11.5. The van der Waals surface area contributed by atoms with Crippen molar-refractivity contribution >= 4 is 21.1 Å². The molecule has 0 aliphatic rings. The molecular formula is C24H19NO4S. The number of nitrogens with zero attached hydrogens (tertiary/aromatic N) is 1. The molecule has 0 amide bonds. The van der Waals surface area contributed by atoms with Crippen LogP contribution < -0.4 is 0 Å². The number of furan rings is 1. The second kappa shape index (κ2) is 8.15. The summed E-state index contributed by atoms with van der Waals surface area (Å²) in [6, 6.07) is 23.9. The molecule has 0 saturated heterocycles. The Hall–Kier alpha value is -3.40. The predicted octanol–water partition coefficient (Wildman–Crippen LogP) is 5.23. The van der Waals surface area contributed by atoms with Crippen molar-refractivity contribution in [2.45, 2.75) is 18.2 Å². The van der Waals surface area contributed by atoms with Crippen molar-refractivity contribution in [3.63, 3.8) is 0 Å². The van der Waals surface area contributed by atoms with Crippen LogP contribution in [0.3, 0.4) is 0 Å². The second-order valence-corrected chi connectivity index (χ2v) is 8.61. The van der Waals surface area contributed by atoms with Gasteiger partial charge in [-0.05, 0) is 66.1 Å². The average Bonchev–Trinajstić information content (AvgIpc) is 3.15. The van der Waals surface area contributed by atoms with E-state index in [1.165, 1.54) is 6.07 Å². The molecule has 0 saturated carbocycles. The Balaban J connectivity index is 1.47. The maximum atomic E-state index is 12.3. The van der Waals surface area contributed by atoms with Gasteiger partial charge < -0.3 is 4.42 Å². The first-order valence-electron chi connectivity index (χ1n) is 9.44. The zero-order chi connectivity index (χ0) is 21.1. The molecule has 0 fully saturated rings. The van der Waals surface area contributed by atoms with Crippen LogP contribution in [0.25, 0.3) is 22.1 Å². The Morgan fingerprint density at radius 1 is 0.967 bits per heavy atom. The molecule has 0 bridgehead atoms. The fraction of sp³-hybridized carbons (Fsp3) is 0.125. The van der Waals surface area contributed by atoms with Crippen LogP contribution in [0.15, 0.2) is 82.1 Å². The van der Waals surface area contributed by atoms with E-state index < -0.39 is 10.1 Å². The summed E-state index contributed by atoms with van der Waals surface area (Å²) >= 11 is 0. The van der Waals surface area contributed by atoms with Crippen molar-refractivity contribution < 1.29 is 17.0 Å². The zero-order valence-electron chi connectivity index (χ0n) is 16.3. The summed E-state index contributed by atoms with van der Waals surface area (Å²) in [4.78, 5) is 0.152. The van der Waals surface area contributed by atoms with Gasteiger partial charge in [-0.1, -0.05) is 30.3 Å². The van der Waals surface area contributed by atoms with E-state index in [1.807, 2.05) is 49.4 Å². The quantitative estimate of drug-likeness (QED) is 0.401. The van der Waals surface area contributed by atoms with E-state index in [-0.39, 0.29) is 11.5 Å². The molecule has 0 spiro atoms. The lowest BCUT2D eigenvalue weighted by Crippen LogP contribution is -2.09. The first kappa shape index (κ1) is 19.9. The smallest absolute Gasteiger partial charge is 0.296 e. The fourth-order valence-electron chi connectivity index (χ4n) is 3.23. The minimum atomic E-state index is -3.80. The van der Waals surface area contributed by atoms with Crippen molar-refractivity contribution in [1.29, 1.82) is 5.26 Å². The number of aryl methyl sites for hydroxylation is 1. The van der Waals surface area contributed by atoms with E-state index >= 15 is 0 Å². The van der Waals surface area contributed by atoms with Crippen LogP contribution in [0.5, 0.6) is 0 Å². The summed E-state index contributed by atoms with van der Waals surface area (Å²) in [7, 11) is -3.80. The van der Waals surface area contributed by atoms with Crippen LogP contribution in [-0.2, 0) is 20.7 Å². The van der Waals surface area contributed by atoms with Gasteiger partial charge in [-0.3, -0.25) is 4.18 Å². The van der Waals surface area contributed by atoms with Gasteiger partial charge in [0.2, 0.25) is 0 Å². The van der Waals surface area contributed by atoms with E-state index in [4.69, 9.17) is 13.9 Å². The van der Waals surface area contributed by atoms with E-state index in [2.05, 4.69) is 6.07 Å². The summed E-state index contributed by atoms with van der Waals surface area (Å²) in [5.74, 6) is 0.654. The van der Waals surface area contributed by atoms with E-state index in [9.17, 15) is 8.42 Å². The number of rotatable bonds is 6. The molecule has 0 N–H and O–H groups in total. The molecule has 0 radical (unpaired) electrons. The van der Waals surface area contributed by atoms with E-state index in [1.54, 1.807) is 24.3 Å². The lowest BCUT2D eigenvalue weighted by Gasteiger charge is -2.05. The molecule has 0 unspecified atom stereocenters. The second-order valence-electron chi connectivity index (χ2n) is 7.00. The third-order valence-corrected chi connectivity index (χ3v) is 6.09. The van der Waals surface area contributed by atoms with Crippen molar-refractivity contribution in [3.8, 4) is 17.2 Å². The van der Waals surface area contributed by atoms with Gasteiger partial charge >= 0.3 is 0 Å². The van der Waals surface area contributed by atoms with Crippen molar-refractivity contribution in [1.82, 2.24) is 0 Å². The Morgan fingerprint density at radius 3 is 2.47 bits per heavy atom. The Kier molecular flexibility index (Phi) is 5.40. The Bertz CT molecular complexity index is 1350. The number of benzene rings is 3. The summed E-state index contributed by atoms with van der Waals surface area (Å²) in [6.45, 7) is 1.83. The molecule has 0 aliphatic carbocycles. The molecule has 5 nitrogen and oxygen atoms in total. The molecule has 150 valence electrons. The van der Waals surface area contributed by atoms with Gasteiger partial charge in [0.1, 0.15) is 11.3 Å². The maximum absolute atomic E-state index is 12.3. The topological polar surface area (TPSA) is 80.3 Å². The number of fused-ring (bicyclic) bond motifs is 1. The highest BCUT2D eigenvalue weighted by molar-refractivity contribution is 7.86. The van der Waals surface area contributed by atoms with E-state index in [0.29, 0.717) is 17.7 Å². The first-order valence-corrected chi connectivity index (χ1v) is 10.8.